The Morgan fingerprint density at radius 2 is 2.29 bits per heavy atom. The SMILES string of the molecule is CCOc1cc(N2C[C@@H]3CCCN[C@@H]3C2)cc([N+](=O)[O-])c1. The molecule has 2 heterocycles. The highest BCUT2D eigenvalue weighted by Crippen LogP contribution is 2.33. The van der Waals surface area contributed by atoms with Crippen LogP contribution in [0.15, 0.2) is 18.2 Å². The number of nitrogens with one attached hydrogen (secondary N) is 1. The molecule has 2 aliphatic rings. The molecule has 0 amide bonds. The molecule has 6 heteroatoms. The minimum absolute atomic E-state index is 0.0961. The molecule has 2 fully saturated rings. The van der Waals surface area contributed by atoms with Crippen LogP contribution in [0.25, 0.3) is 0 Å². The van der Waals surface area contributed by atoms with Crippen LogP contribution in [0.5, 0.6) is 5.75 Å². The Balaban J connectivity index is 1.85. The molecular weight excluding hydrogens is 270 g/mol. The molecule has 1 N–H and O–H groups in total. The summed E-state index contributed by atoms with van der Waals surface area (Å²) in [5.74, 6) is 1.22. The van der Waals surface area contributed by atoms with Crippen LogP contribution in [0, 0.1) is 16.0 Å². The van der Waals surface area contributed by atoms with Crippen LogP contribution in [-0.4, -0.2) is 37.2 Å². The fourth-order valence-electron chi connectivity index (χ4n) is 3.36. The smallest absolute Gasteiger partial charge is 0.275 e. The third kappa shape index (κ3) is 2.95. The van der Waals surface area contributed by atoms with Crippen molar-refractivity contribution in [2.75, 3.05) is 31.1 Å². The summed E-state index contributed by atoms with van der Waals surface area (Å²) in [4.78, 5) is 13.0. The molecule has 2 saturated heterocycles. The first kappa shape index (κ1) is 14.1. The standard InChI is InChI=1S/C15H21N3O3/c1-2-21-14-7-12(6-13(8-14)18(19)20)17-9-11-4-3-5-16-15(11)10-17/h6-8,11,15-16H,2-5,9-10H2,1H3/t11-,15+/m0/s1. The van der Waals surface area contributed by atoms with Crippen molar-refractivity contribution in [2.45, 2.75) is 25.8 Å². The zero-order chi connectivity index (χ0) is 14.8. The Labute approximate surface area is 124 Å². The minimum Gasteiger partial charge on any atom is -0.494 e. The Bertz CT molecular complexity index is 521. The maximum Gasteiger partial charge on any atom is 0.275 e. The van der Waals surface area contributed by atoms with Crippen LogP contribution in [0.1, 0.15) is 19.8 Å². The van der Waals surface area contributed by atoms with Gasteiger partial charge in [0, 0.05) is 37.0 Å². The molecule has 0 bridgehead atoms. The second-order valence-corrected chi connectivity index (χ2v) is 5.74. The second-order valence-electron chi connectivity index (χ2n) is 5.74. The highest BCUT2D eigenvalue weighted by molar-refractivity contribution is 5.59. The van der Waals surface area contributed by atoms with E-state index in [1.165, 1.54) is 18.9 Å². The Morgan fingerprint density at radius 3 is 3.00 bits per heavy atom. The summed E-state index contributed by atoms with van der Waals surface area (Å²) in [5, 5.41) is 14.6. The molecule has 1 aromatic rings. The van der Waals surface area contributed by atoms with Crippen LogP contribution in [0.2, 0.25) is 0 Å². The Kier molecular flexibility index (Phi) is 3.96. The fourth-order valence-corrected chi connectivity index (χ4v) is 3.36. The summed E-state index contributed by atoms with van der Waals surface area (Å²) < 4.78 is 5.47. The lowest BCUT2D eigenvalue weighted by Crippen LogP contribution is -2.40. The third-order valence-electron chi connectivity index (χ3n) is 4.36. The highest BCUT2D eigenvalue weighted by Gasteiger charge is 2.34. The normalized spacial score (nSPS) is 24.7. The van der Waals surface area contributed by atoms with Crippen LogP contribution in [0.4, 0.5) is 11.4 Å². The number of nitro benzene ring substituents is 1. The van der Waals surface area contributed by atoms with Gasteiger partial charge in [-0.2, -0.15) is 0 Å². The summed E-state index contributed by atoms with van der Waals surface area (Å²) in [5.41, 5.74) is 0.989. The quantitative estimate of drug-likeness (QED) is 0.680. The predicted octanol–water partition coefficient (Wildman–Crippen LogP) is 2.18. The lowest BCUT2D eigenvalue weighted by atomic mass is 9.94. The van der Waals surface area contributed by atoms with E-state index < -0.39 is 0 Å². The van der Waals surface area contributed by atoms with Crippen molar-refractivity contribution in [3.8, 4) is 5.75 Å². The first-order valence-electron chi connectivity index (χ1n) is 7.58. The highest BCUT2D eigenvalue weighted by atomic mass is 16.6. The molecular formula is C15H21N3O3. The number of non-ortho nitro benzene ring substituents is 1. The largest absolute Gasteiger partial charge is 0.494 e. The fraction of sp³-hybridized carbons (Fsp3) is 0.600. The van der Waals surface area contributed by atoms with Crippen molar-refractivity contribution < 1.29 is 9.66 Å². The van der Waals surface area contributed by atoms with E-state index in [0.29, 0.717) is 24.3 Å². The van der Waals surface area contributed by atoms with Crippen molar-refractivity contribution in [3.63, 3.8) is 0 Å². The van der Waals surface area contributed by atoms with Gasteiger partial charge in [0.1, 0.15) is 5.75 Å². The summed E-state index contributed by atoms with van der Waals surface area (Å²) in [6.07, 6.45) is 2.45. The van der Waals surface area contributed by atoms with Gasteiger partial charge in [-0.05, 0) is 32.2 Å². The predicted molar refractivity (Wildman–Crippen MR) is 81.0 cm³/mol. The average Bonchev–Trinajstić information content (AvgIpc) is 2.91. The topological polar surface area (TPSA) is 67.6 Å². The van der Waals surface area contributed by atoms with Gasteiger partial charge in [-0.15, -0.1) is 0 Å². The first-order valence-corrected chi connectivity index (χ1v) is 7.58. The van der Waals surface area contributed by atoms with Gasteiger partial charge in [-0.25, -0.2) is 0 Å². The van der Waals surface area contributed by atoms with Crippen molar-refractivity contribution in [3.05, 3.63) is 28.3 Å². The second kappa shape index (κ2) is 5.89. The van der Waals surface area contributed by atoms with Crippen molar-refractivity contribution >= 4 is 11.4 Å². The van der Waals surface area contributed by atoms with Crippen LogP contribution in [0.3, 0.4) is 0 Å². The minimum atomic E-state index is -0.354. The number of piperidine rings is 1. The molecule has 0 spiro atoms. The van der Waals surface area contributed by atoms with Gasteiger partial charge < -0.3 is 15.0 Å². The van der Waals surface area contributed by atoms with E-state index >= 15 is 0 Å². The van der Waals surface area contributed by atoms with Gasteiger partial charge in [0.05, 0.1) is 17.6 Å². The van der Waals surface area contributed by atoms with Gasteiger partial charge >= 0.3 is 0 Å². The number of ether oxygens (including phenoxy) is 1. The molecule has 0 aromatic heterocycles. The van der Waals surface area contributed by atoms with Gasteiger partial charge in [0.2, 0.25) is 0 Å². The van der Waals surface area contributed by atoms with Crippen LogP contribution < -0.4 is 15.0 Å². The van der Waals surface area contributed by atoms with Gasteiger partial charge in [-0.1, -0.05) is 0 Å². The molecule has 114 valence electrons. The van der Waals surface area contributed by atoms with E-state index in [1.54, 1.807) is 6.07 Å². The van der Waals surface area contributed by atoms with Crippen LogP contribution >= 0.6 is 0 Å². The molecule has 6 nitrogen and oxygen atoms in total. The molecule has 3 rings (SSSR count). The number of rotatable bonds is 4. The van der Waals surface area contributed by atoms with Crippen molar-refractivity contribution in [1.29, 1.82) is 0 Å². The number of hydrogen-bond acceptors (Lipinski definition) is 5. The molecule has 2 atom stereocenters. The van der Waals surface area contributed by atoms with Crippen LogP contribution in [-0.2, 0) is 0 Å². The van der Waals surface area contributed by atoms with E-state index in [4.69, 9.17) is 4.74 Å². The summed E-state index contributed by atoms with van der Waals surface area (Å²) in [6.45, 7) is 5.34. The van der Waals surface area contributed by atoms with E-state index in [9.17, 15) is 10.1 Å². The summed E-state index contributed by atoms with van der Waals surface area (Å²) >= 11 is 0. The summed E-state index contributed by atoms with van der Waals surface area (Å²) in [7, 11) is 0. The van der Waals surface area contributed by atoms with E-state index in [0.717, 1.165) is 25.3 Å². The number of fused-ring (bicyclic) bond motifs is 1. The summed E-state index contributed by atoms with van der Waals surface area (Å²) in [6, 6.07) is 5.57. The van der Waals surface area contributed by atoms with Crippen molar-refractivity contribution in [2.24, 2.45) is 5.92 Å². The number of nitro groups is 1. The maximum absolute atomic E-state index is 11.1. The van der Waals surface area contributed by atoms with E-state index in [-0.39, 0.29) is 10.6 Å². The number of benzene rings is 1. The average molecular weight is 291 g/mol. The van der Waals surface area contributed by atoms with Gasteiger partial charge in [0.15, 0.2) is 0 Å². The lowest BCUT2D eigenvalue weighted by molar-refractivity contribution is -0.384. The lowest BCUT2D eigenvalue weighted by Gasteiger charge is -2.24. The van der Waals surface area contributed by atoms with Crippen molar-refractivity contribution in [1.82, 2.24) is 5.32 Å². The number of nitrogens with zero attached hydrogens (tertiary/aromatic N) is 2. The molecule has 2 aliphatic heterocycles. The number of hydrogen-bond donors (Lipinski definition) is 1. The maximum atomic E-state index is 11.1. The van der Waals surface area contributed by atoms with Gasteiger partial charge in [0.25, 0.3) is 5.69 Å². The molecule has 0 radical (unpaired) electrons. The first-order chi connectivity index (χ1) is 10.2. The third-order valence-corrected chi connectivity index (χ3v) is 4.36. The molecule has 21 heavy (non-hydrogen) atoms. The molecule has 0 aliphatic carbocycles. The van der Waals surface area contributed by atoms with E-state index in [2.05, 4.69) is 10.2 Å². The van der Waals surface area contributed by atoms with E-state index in [1.807, 2.05) is 13.0 Å². The monoisotopic (exact) mass is 291 g/mol. The molecule has 0 unspecified atom stereocenters. The zero-order valence-electron chi connectivity index (χ0n) is 12.2. The molecule has 1 aromatic carbocycles. The Hall–Kier alpha value is -1.82. The molecule has 0 saturated carbocycles. The number of anilines is 1. The van der Waals surface area contributed by atoms with Gasteiger partial charge in [-0.3, -0.25) is 10.1 Å². The Morgan fingerprint density at radius 1 is 1.43 bits per heavy atom. The zero-order valence-corrected chi connectivity index (χ0v) is 12.2.